The van der Waals surface area contributed by atoms with Crippen LogP contribution in [0.4, 0.5) is 0 Å². The third kappa shape index (κ3) is 6.27. The Hall–Kier alpha value is -1.43. The van der Waals surface area contributed by atoms with Crippen LogP contribution in [0.25, 0.3) is 0 Å². The number of aliphatic hydroxyl groups is 1. The minimum atomic E-state index is 0.243. The van der Waals surface area contributed by atoms with Gasteiger partial charge in [-0.2, -0.15) is 0 Å². The zero-order valence-electron chi connectivity index (χ0n) is 18.6. The summed E-state index contributed by atoms with van der Waals surface area (Å²) >= 11 is 0. The van der Waals surface area contributed by atoms with Gasteiger partial charge >= 0.3 is 0 Å². The van der Waals surface area contributed by atoms with E-state index in [0.29, 0.717) is 18.4 Å². The highest BCUT2D eigenvalue weighted by molar-refractivity contribution is 5.76. The van der Waals surface area contributed by atoms with E-state index in [1.165, 1.54) is 16.7 Å². The summed E-state index contributed by atoms with van der Waals surface area (Å²) in [5.41, 5.74) is 3.80. The second kappa shape index (κ2) is 10.6. The molecule has 0 bridgehead atoms. The molecule has 29 heavy (non-hydrogen) atoms. The molecule has 1 aromatic rings. The van der Waals surface area contributed by atoms with E-state index in [9.17, 15) is 9.90 Å². The van der Waals surface area contributed by atoms with E-state index < -0.39 is 0 Å². The number of likely N-dealkylation sites (tertiary alicyclic amines) is 1. The minimum Gasteiger partial charge on any atom is -0.396 e. The van der Waals surface area contributed by atoms with Crippen LogP contribution in [0.15, 0.2) is 18.2 Å². The highest BCUT2D eigenvalue weighted by Crippen LogP contribution is 2.27. The number of likely N-dealkylation sites (N-methyl/N-ethyl adjacent to an activating group) is 1. The molecule has 2 atom stereocenters. The number of carbonyl (C=O) groups is 1. The van der Waals surface area contributed by atoms with Crippen LogP contribution in [0.1, 0.15) is 42.4 Å². The molecule has 0 spiro atoms. The summed E-state index contributed by atoms with van der Waals surface area (Å²) in [6.07, 6.45) is 4.32. The van der Waals surface area contributed by atoms with Crippen molar-refractivity contribution in [1.82, 2.24) is 14.7 Å². The van der Waals surface area contributed by atoms with Gasteiger partial charge in [0.05, 0.1) is 0 Å². The maximum atomic E-state index is 12.9. The van der Waals surface area contributed by atoms with E-state index in [-0.39, 0.29) is 12.5 Å². The molecule has 0 saturated carbocycles. The van der Waals surface area contributed by atoms with Gasteiger partial charge in [0, 0.05) is 58.3 Å². The number of aryl methyl sites for hydroxylation is 3. The highest BCUT2D eigenvalue weighted by atomic mass is 16.3. The molecule has 2 aliphatic heterocycles. The Kier molecular flexibility index (Phi) is 8.10. The molecule has 5 nitrogen and oxygen atoms in total. The van der Waals surface area contributed by atoms with Gasteiger partial charge in [0.15, 0.2) is 0 Å². The number of aliphatic hydroxyl groups excluding tert-OH is 1. The Morgan fingerprint density at radius 1 is 1.07 bits per heavy atom. The second-order valence-corrected chi connectivity index (χ2v) is 9.16. The van der Waals surface area contributed by atoms with Crippen molar-refractivity contribution in [2.75, 3.05) is 52.9 Å². The monoisotopic (exact) mass is 401 g/mol. The fourth-order valence-electron chi connectivity index (χ4n) is 5.14. The van der Waals surface area contributed by atoms with Crippen LogP contribution in [-0.2, 0) is 11.2 Å². The molecule has 0 radical (unpaired) electrons. The predicted octanol–water partition coefficient (Wildman–Crippen LogP) is 2.47. The van der Waals surface area contributed by atoms with Crippen LogP contribution >= 0.6 is 0 Å². The maximum Gasteiger partial charge on any atom is 0.222 e. The number of nitrogens with zero attached hydrogens (tertiary/aromatic N) is 3. The first-order valence-corrected chi connectivity index (χ1v) is 11.3. The van der Waals surface area contributed by atoms with Crippen molar-refractivity contribution in [2.24, 2.45) is 5.92 Å². The van der Waals surface area contributed by atoms with Crippen LogP contribution in [0.3, 0.4) is 0 Å². The number of hydrogen-bond donors (Lipinski definition) is 1. The molecule has 2 fully saturated rings. The molecule has 0 aromatic heterocycles. The molecule has 3 rings (SSSR count). The van der Waals surface area contributed by atoms with Crippen molar-refractivity contribution in [3.8, 4) is 0 Å². The fraction of sp³-hybridized carbons (Fsp3) is 0.708. The number of amides is 1. The minimum absolute atomic E-state index is 0.243. The van der Waals surface area contributed by atoms with Gasteiger partial charge in [0.1, 0.15) is 0 Å². The SMILES string of the molecule is Cc1cc(C)cc(CCC(=O)N2CC[C@H](N3CCN(C)CC3)[C@H](CCCO)C2)c1. The summed E-state index contributed by atoms with van der Waals surface area (Å²) < 4.78 is 0. The molecule has 5 heteroatoms. The van der Waals surface area contributed by atoms with E-state index in [1.54, 1.807) is 0 Å². The van der Waals surface area contributed by atoms with Gasteiger partial charge < -0.3 is 14.9 Å². The third-order valence-corrected chi connectivity index (χ3v) is 6.70. The van der Waals surface area contributed by atoms with Crippen LogP contribution in [0, 0.1) is 19.8 Å². The molecule has 1 N–H and O–H groups in total. The van der Waals surface area contributed by atoms with Crippen LogP contribution in [0.5, 0.6) is 0 Å². The van der Waals surface area contributed by atoms with E-state index in [0.717, 1.165) is 65.0 Å². The number of carbonyl (C=O) groups excluding carboxylic acids is 1. The van der Waals surface area contributed by atoms with Gasteiger partial charge in [0.25, 0.3) is 0 Å². The van der Waals surface area contributed by atoms with Gasteiger partial charge in [-0.15, -0.1) is 0 Å². The first kappa shape index (κ1) is 22.3. The van der Waals surface area contributed by atoms with Crippen molar-refractivity contribution < 1.29 is 9.90 Å². The standard InChI is InChI=1S/C24H39N3O2/c1-19-15-20(2)17-21(16-19)6-7-24(29)27-9-8-23(22(18-27)5-4-14-28)26-12-10-25(3)11-13-26/h15-17,22-23,28H,4-14,18H2,1-3H3/t22-,23+/m1/s1. The largest absolute Gasteiger partial charge is 0.396 e. The third-order valence-electron chi connectivity index (χ3n) is 6.70. The summed E-state index contributed by atoms with van der Waals surface area (Å²) in [7, 11) is 2.19. The lowest BCUT2D eigenvalue weighted by Crippen LogP contribution is -2.57. The van der Waals surface area contributed by atoms with Gasteiger partial charge in [-0.3, -0.25) is 9.69 Å². The zero-order chi connectivity index (χ0) is 20.8. The van der Waals surface area contributed by atoms with Gasteiger partial charge in [0.2, 0.25) is 5.91 Å². The first-order valence-electron chi connectivity index (χ1n) is 11.3. The molecule has 2 heterocycles. The Bertz CT molecular complexity index is 650. The van der Waals surface area contributed by atoms with Gasteiger partial charge in [-0.25, -0.2) is 0 Å². The summed E-state index contributed by atoms with van der Waals surface area (Å²) in [6, 6.07) is 7.13. The summed E-state index contributed by atoms with van der Waals surface area (Å²) in [5.74, 6) is 0.763. The van der Waals surface area contributed by atoms with Crippen molar-refractivity contribution in [3.05, 3.63) is 34.9 Å². The molecular formula is C24H39N3O2. The Balaban J connectivity index is 1.57. The summed E-state index contributed by atoms with van der Waals surface area (Å²) in [4.78, 5) is 20.1. The molecule has 1 aromatic carbocycles. The summed E-state index contributed by atoms with van der Waals surface area (Å²) in [5, 5.41) is 9.36. The van der Waals surface area contributed by atoms with Gasteiger partial charge in [-0.1, -0.05) is 29.3 Å². The van der Waals surface area contributed by atoms with E-state index in [1.807, 2.05) is 0 Å². The van der Waals surface area contributed by atoms with Crippen molar-refractivity contribution in [1.29, 1.82) is 0 Å². The average Bonchev–Trinajstić information content (AvgIpc) is 2.70. The average molecular weight is 402 g/mol. The lowest BCUT2D eigenvalue weighted by Gasteiger charge is -2.46. The van der Waals surface area contributed by atoms with Crippen molar-refractivity contribution in [2.45, 2.75) is 52.0 Å². The van der Waals surface area contributed by atoms with Crippen molar-refractivity contribution in [3.63, 3.8) is 0 Å². The molecule has 162 valence electrons. The molecule has 0 aliphatic carbocycles. The molecule has 1 amide bonds. The Labute approximate surface area is 176 Å². The van der Waals surface area contributed by atoms with E-state index in [4.69, 9.17) is 0 Å². The second-order valence-electron chi connectivity index (χ2n) is 9.16. The predicted molar refractivity (Wildman–Crippen MR) is 118 cm³/mol. The fourth-order valence-corrected chi connectivity index (χ4v) is 5.14. The van der Waals surface area contributed by atoms with Crippen LogP contribution in [0.2, 0.25) is 0 Å². The van der Waals surface area contributed by atoms with Gasteiger partial charge in [-0.05, 0) is 58.1 Å². The van der Waals surface area contributed by atoms with Crippen LogP contribution in [-0.4, -0.2) is 84.7 Å². The molecule has 2 aliphatic rings. The number of rotatable bonds is 7. The Morgan fingerprint density at radius 3 is 2.41 bits per heavy atom. The van der Waals surface area contributed by atoms with Crippen LogP contribution < -0.4 is 0 Å². The number of piperidine rings is 1. The first-order chi connectivity index (χ1) is 14.0. The molecular weight excluding hydrogens is 362 g/mol. The topological polar surface area (TPSA) is 47.0 Å². The number of benzene rings is 1. The van der Waals surface area contributed by atoms with E-state index in [2.05, 4.69) is 53.8 Å². The normalized spacial score (nSPS) is 24.1. The maximum absolute atomic E-state index is 12.9. The quantitative estimate of drug-likeness (QED) is 0.763. The zero-order valence-corrected chi connectivity index (χ0v) is 18.6. The summed E-state index contributed by atoms with van der Waals surface area (Å²) in [6.45, 7) is 10.7. The van der Waals surface area contributed by atoms with E-state index >= 15 is 0 Å². The molecule has 2 saturated heterocycles. The number of hydrogen-bond acceptors (Lipinski definition) is 4. The highest BCUT2D eigenvalue weighted by Gasteiger charge is 2.35. The lowest BCUT2D eigenvalue weighted by atomic mass is 9.86. The Morgan fingerprint density at radius 2 is 1.76 bits per heavy atom. The molecule has 0 unspecified atom stereocenters. The lowest BCUT2D eigenvalue weighted by molar-refractivity contribution is -0.134. The smallest absolute Gasteiger partial charge is 0.222 e. The number of piperazine rings is 1. The van der Waals surface area contributed by atoms with Crippen molar-refractivity contribution >= 4 is 5.91 Å².